The van der Waals surface area contributed by atoms with Gasteiger partial charge in [-0.1, -0.05) is 23.7 Å². The maximum atomic E-state index is 12.7. The number of nitrogens with one attached hydrogen (secondary N) is 1. The number of thioether (sulfide) groups is 1. The highest BCUT2D eigenvalue weighted by Gasteiger charge is 2.37. The van der Waals surface area contributed by atoms with E-state index in [1.807, 2.05) is 25.1 Å². The Balaban J connectivity index is 1.71. The SMILES string of the molecule is COc1cc(/C=C2\SC(=O)N(CC(=O)OC(C)C)C2=O)cc(Cl)c1OCC(=O)Nc1cccc(C)c1. The maximum Gasteiger partial charge on any atom is 0.326 e. The summed E-state index contributed by atoms with van der Waals surface area (Å²) < 4.78 is 16.0. The van der Waals surface area contributed by atoms with Crippen molar-refractivity contribution in [2.75, 3.05) is 25.6 Å². The van der Waals surface area contributed by atoms with Crippen LogP contribution in [0.2, 0.25) is 5.02 Å². The lowest BCUT2D eigenvalue weighted by atomic mass is 10.1. The molecule has 0 aliphatic carbocycles. The predicted molar refractivity (Wildman–Crippen MR) is 137 cm³/mol. The molecule has 0 unspecified atom stereocenters. The summed E-state index contributed by atoms with van der Waals surface area (Å²) in [5, 5.41) is 2.30. The number of carbonyl (C=O) groups excluding carboxylic acids is 4. The van der Waals surface area contributed by atoms with E-state index in [2.05, 4.69) is 5.32 Å². The first-order valence-electron chi connectivity index (χ1n) is 10.9. The van der Waals surface area contributed by atoms with Gasteiger partial charge in [0.1, 0.15) is 6.54 Å². The van der Waals surface area contributed by atoms with E-state index in [1.54, 1.807) is 26.0 Å². The van der Waals surface area contributed by atoms with Crippen molar-refractivity contribution in [2.45, 2.75) is 26.9 Å². The monoisotopic (exact) mass is 532 g/mol. The van der Waals surface area contributed by atoms with E-state index in [1.165, 1.54) is 19.3 Å². The smallest absolute Gasteiger partial charge is 0.326 e. The van der Waals surface area contributed by atoms with Crippen LogP contribution in [0, 0.1) is 6.92 Å². The summed E-state index contributed by atoms with van der Waals surface area (Å²) in [4.78, 5) is 50.1. The van der Waals surface area contributed by atoms with Gasteiger partial charge in [-0.25, -0.2) is 0 Å². The molecule has 190 valence electrons. The Morgan fingerprint density at radius 1 is 1.19 bits per heavy atom. The highest BCUT2D eigenvalue weighted by atomic mass is 35.5. The summed E-state index contributed by atoms with van der Waals surface area (Å²) >= 11 is 7.08. The highest BCUT2D eigenvalue weighted by molar-refractivity contribution is 8.18. The van der Waals surface area contributed by atoms with Gasteiger partial charge in [-0.05, 0) is 74.0 Å². The molecule has 3 rings (SSSR count). The zero-order valence-corrected chi connectivity index (χ0v) is 21.7. The second-order valence-corrected chi connectivity index (χ2v) is 9.45. The number of hydrogen-bond acceptors (Lipinski definition) is 8. The van der Waals surface area contributed by atoms with Crippen LogP contribution in [0.15, 0.2) is 41.3 Å². The number of aryl methyl sites for hydroxylation is 1. The van der Waals surface area contributed by atoms with Crippen molar-refractivity contribution < 1.29 is 33.4 Å². The Kier molecular flexibility index (Phi) is 9.00. The fourth-order valence-corrected chi connectivity index (χ4v) is 4.35. The Bertz CT molecular complexity index is 1230. The van der Waals surface area contributed by atoms with Crippen molar-refractivity contribution in [3.63, 3.8) is 0 Å². The first-order valence-corrected chi connectivity index (χ1v) is 12.1. The Morgan fingerprint density at radius 2 is 1.94 bits per heavy atom. The fourth-order valence-electron chi connectivity index (χ4n) is 3.24. The van der Waals surface area contributed by atoms with Crippen molar-refractivity contribution in [2.24, 2.45) is 0 Å². The van der Waals surface area contributed by atoms with Gasteiger partial charge in [-0.2, -0.15) is 0 Å². The number of ether oxygens (including phenoxy) is 3. The number of rotatable bonds is 9. The van der Waals surface area contributed by atoms with Crippen LogP contribution in [0.1, 0.15) is 25.0 Å². The van der Waals surface area contributed by atoms with Crippen LogP contribution < -0.4 is 14.8 Å². The molecule has 11 heteroatoms. The summed E-state index contributed by atoms with van der Waals surface area (Å²) in [6.45, 7) is 4.48. The summed E-state index contributed by atoms with van der Waals surface area (Å²) in [5.41, 5.74) is 2.11. The minimum absolute atomic E-state index is 0.113. The van der Waals surface area contributed by atoms with E-state index in [4.69, 9.17) is 25.8 Å². The van der Waals surface area contributed by atoms with Crippen LogP contribution in [-0.4, -0.2) is 54.3 Å². The number of methoxy groups -OCH3 is 1. The molecule has 0 spiro atoms. The Labute approximate surface area is 217 Å². The standard InChI is InChI=1S/C25H25ClN2O7S/c1-14(2)35-22(30)12-28-24(31)20(36-25(28)32)11-16-9-18(26)23(19(10-16)33-4)34-13-21(29)27-17-7-5-6-15(3)8-17/h5-11,14H,12-13H2,1-4H3,(H,27,29)/b20-11-. The molecular formula is C25H25ClN2O7S. The molecule has 2 aromatic carbocycles. The molecule has 36 heavy (non-hydrogen) atoms. The molecule has 0 atom stereocenters. The summed E-state index contributed by atoms with van der Waals surface area (Å²) in [6, 6.07) is 10.4. The third-order valence-electron chi connectivity index (χ3n) is 4.73. The van der Waals surface area contributed by atoms with Crippen LogP contribution in [0.3, 0.4) is 0 Å². The number of esters is 1. The van der Waals surface area contributed by atoms with Gasteiger partial charge in [-0.15, -0.1) is 0 Å². The van der Waals surface area contributed by atoms with Gasteiger partial charge < -0.3 is 19.5 Å². The summed E-state index contributed by atoms with van der Waals surface area (Å²) in [6.07, 6.45) is 1.10. The van der Waals surface area contributed by atoms with E-state index in [9.17, 15) is 19.2 Å². The summed E-state index contributed by atoms with van der Waals surface area (Å²) in [7, 11) is 1.41. The van der Waals surface area contributed by atoms with Crippen LogP contribution in [0.5, 0.6) is 11.5 Å². The molecule has 0 saturated carbocycles. The zero-order chi connectivity index (χ0) is 26.4. The molecule has 1 heterocycles. The summed E-state index contributed by atoms with van der Waals surface area (Å²) in [5.74, 6) is -1.29. The van der Waals surface area contributed by atoms with Gasteiger partial charge in [0.2, 0.25) is 0 Å². The lowest BCUT2D eigenvalue weighted by Crippen LogP contribution is -2.35. The average Bonchev–Trinajstić information content (AvgIpc) is 3.04. The molecule has 1 N–H and O–H groups in total. The number of anilines is 1. The molecule has 0 aromatic heterocycles. The molecule has 9 nitrogen and oxygen atoms in total. The molecule has 1 aliphatic heterocycles. The largest absolute Gasteiger partial charge is 0.493 e. The average molecular weight is 533 g/mol. The molecule has 0 bridgehead atoms. The van der Waals surface area contributed by atoms with Gasteiger partial charge in [-0.3, -0.25) is 24.1 Å². The van der Waals surface area contributed by atoms with Gasteiger partial charge in [0, 0.05) is 5.69 Å². The number of hydrogen-bond donors (Lipinski definition) is 1. The van der Waals surface area contributed by atoms with E-state index in [0.29, 0.717) is 23.0 Å². The van der Waals surface area contributed by atoms with Crippen molar-refractivity contribution in [1.82, 2.24) is 4.90 Å². The van der Waals surface area contributed by atoms with Crippen molar-refractivity contribution in [1.29, 1.82) is 0 Å². The van der Waals surface area contributed by atoms with Crippen molar-refractivity contribution >= 4 is 58.1 Å². The molecule has 1 aliphatic rings. The van der Waals surface area contributed by atoms with E-state index < -0.39 is 23.7 Å². The van der Waals surface area contributed by atoms with Gasteiger partial charge >= 0.3 is 5.97 Å². The normalized spacial score (nSPS) is 14.4. The third-order valence-corrected chi connectivity index (χ3v) is 5.92. The molecule has 1 fully saturated rings. The molecular weight excluding hydrogens is 508 g/mol. The van der Waals surface area contributed by atoms with Gasteiger partial charge in [0.05, 0.1) is 23.1 Å². The Morgan fingerprint density at radius 3 is 2.61 bits per heavy atom. The Hall–Kier alpha value is -3.50. The quantitative estimate of drug-likeness (QED) is 0.366. The second-order valence-electron chi connectivity index (χ2n) is 8.05. The second kappa shape index (κ2) is 12.0. The van der Waals surface area contributed by atoms with Crippen LogP contribution in [-0.2, 0) is 19.1 Å². The maximum absolute atomic E-state index is 12.7. The van der Waals surface area contributed by atoms with Crippen LogP contribution in [0.4, 0.5) is 10.5 Å². The van der Waals surface area contributed by atoms with Gasteiger partial charge in [0.25, 0.3) is 17.1 Å². The van der Waals surface area contributed by atoms with Crippen LogP contribution in [0.25, 0.3) is 6.08 Å². The molecule has 3 amide bonds. The van der Waals surface area contributed by atoms with Crippen molar-refractivity contribution in [3.05, 3.63) is 57.5 Å². The minimum atomic E-state index is -0.675. The lowest BCUT2D eigenvalue weighted by Gasteiger charge is -2.14. The third kappa shape index (κ3) is 7.02. The zero-order valence-electron chi connectivity index (χ0n) is 20.1. The highest BCUT2D eigenvalue weighted by Crippen LogP contribution is 2.39. The first kappa shape index (κ1) is 27.1. The number of benzene rings is 2. The van der Waals surface area contributed by atoms with Crippen molar-refractivity contribution in [3.8, 4) is 11.5 Å². The van der Waals surface area contributed by atoms with Crippen LogP contribution >= 0.6 is 23.4 Å². The van der Waals surface area contributed by atoms with E-state index in [0.717, 1.165) is 10.5 Å². The number of halogens is 1. The van der Waals surface area contributed by atoms with E-state index >= 15 is 0 Å². The number of amides is 3. The molecule has 1 saturated heterocycles. The topological polar surface area (TPSA) is 111 Å². The number of carbonyl (C=O) groups is 4. The van der Waals surface area contributed by atoms with Gasteiger partial charge in [0.15, 0.2) is 18.1 Å². The minimum Gasteiger partial charge on any atom is -0.493 e. The number of nitrogens with zero attached hydrogens (tertiary/aromatic N) is 1. The molecule has 0 radical (unpaired) electrons. The van der Waals surface area contributed by atoms with E-state index in [-0.39, 0.29) is 40.0 Å². The number of imide groups is 1. The molecule has 2 aromatic rings. The predicted octanol–water partition coefficient (Wildman–Crippen LogP) is 4.66. The fraction of sp³-hybridized carbons (Fsp3) is 0.280. The first-order chi connectivity index (χ1) is 17.1. The lowest BCUT2D eigenvalue weighted by molar-refractivity contribution is -0.149.